The predicted octanol–water partition coefficient (Wildman–Crippen LogP) is 10.9. The molecule has 0 aromatic rings. The van der Waals surface area contributed by atoms with Gasteiger partial charge in [-0.05, 0) is 6.42 Å². The van der Waals surface area contributed by atoms with E-state index in [1.807, 2.05) is 0 Å². The second-order valence-electron chi connectivity index (χ2n) is 9.52. The maximum atomic E-state index is 5.15. The molecule has 1 heteroatoms. The van der Waals surface area contributed by atoms with Crippen molar-refractivity contribution in [1.29, 1.82) is 0 Å². The molecule has 0 heterocycles. The monoisotopic (exact) mass is 422 g/mol. The highest BCUT2D eigenvalue weighted by molar-refractivity contribution is 4.52. The molecule has 0 amide bonds. The zero-order chi connectivity index (χ0) is 21.8. The first-order valence-corrected chi connectivity index (χ1v) is 14.1. The predicted molar refractivity (Wildman–Crippen MR) is 137 cm³/mol. The van der Waals surface area contributed by atoms with Crippen molar-refractivity contribution < 1.29 is 4.74 Å². The number of rotatable bonds is 27. The highest BCUT2D eigenvalue weighted by atomic mass is 16.5. The molecular weight excluding hydrogens is 364 g/mol. The molecule has 30 heavy (non-hydrogen) atoms. The normalized spacial score (nSPS) is 11.1. The Morgan fingerprint density at radius 2 is 0.633 bits per heavy atom. The summed E-state index contributed by atoms with van der Waals surface area (Å²) in [6.07, 6.45) is 37.6. The van der Waals surface area contributed by atoms with Gasteiger partial charge in [-0.25, -0.2) is 0 Å². The first kappa shape index (κ1) is 29.5. The summed E-state index contributed by atoms with van der Waals surface area (Å²) in [6, 6.07) is 0. The van der Waals surface area contributed by atoms with Crippen LogP contribution in [0.3, 0.4) is 0 Å². The molecule has 0 saturated heterocycles. The van der Waals surface area contributed by atoms with Crippen LogP contribution >= 0.6 is 0 Å². The summed E-state index contributed by atoms with van der Waals surface area (Å²) in [5.74, 6) is 0. The van der Waals surface area contributed by atoms with Crippen LogP contribution in [-0.4, -0.2) is 6.61 Å². The lowest BCUT2D eigenvalue weighted by Gasteiger charge is -2.04. The first-order chi connectivity index (χ1) is 14.9. The van der Waals surface area contributed by atoms with Gasteiger partial charge < -0.3 is 4.74 Å². The summed E-state index contributed by atoms with van der Waals surface area (Å²) in [5, 5.41) is 0. The maximum absolute atomic E-state index is 5.15. The third-order valence-electron chi connectivity index (χ3n) is 6.48. The van der Waals surface area contributed by atoms with Crippen molar-refractivity contribution in [2.45, 2.75) is 167 Å². The molecule has 0 aliphatic rings. The Labute approximate surface area is 191 Å². The van der Waals surface area contributed by atoms with Gasteiger partial charge in [-0.1, -0.05) is 168 Å². The fourth-order valence-electron chi connectivity index (χ4n) is 4.41. The third-order valence-corrected chi connectivity index (χ3v) is 6.48. The minimum Gasteiger partial charge on any atom is -0.502 e. The fourth-order valence-corrected chi connectivity index (χ4v) is 4.41. The molecule has 0 spiro atoms. The zero-order valence-corrected chi connectivity index (χ0v) is 21.1. The summed E-state index contributed by atoms with van der Waals surface area (Å²) < 4.78 is 5.15. The Morgan fingerprint density at radius 1 is 0.400 bits per heavy atom. The van der Waals surface area contributed by atoms with Gasteiger partial charge in [-0.3, -0.25) is 0 Å². The van der Waals surface area contributed by atoms with Gasteiger partial charge >= 0.3 is 0 Å². The van der Waals surface area contributed by atoms with Gasteiger partial charge in [0.2, 0.25) is 0 Å². The lowest BCUT2D eigenvalue weighted by molar-refractivity contribution is 0.241. The average molecular weight is 423 g/mol. The van der Waals surface area contributed by atoms with E-state index in [1.165, 1.54) is 161 Å². The van der Waals surface area contributed by atoms with Crippen molar-refractivity contribution in [2.24, 2.45) is 0 Å². The van der Waals surface area contributed by atoms with E-state index in [0.29, 0.717) is 0 Å². The van der Waals surface area contributed by atoms with E-state index in [-0.39, 0.29) is 0 Å². The summed E-state index contributed by atoms with van der Waals surface area (Å²) in [5.41, 5.74) is 0. The van der Waals surface area contributed by atoms with Crippen molar-refractivity contribution in [1.82, 2.24) is 0 Å². The van der Waals surface area contributed by atoms with Crippen molar-refractivity contribution >= 4 is 0 Å². The Balaban J connectivity index is 2.98. The van der Waals surface area contributed by atoms with Gasteiger partial charge in [0.05, 0.1) is 12.9 Å². The molecule has 0 saturated carbocycles. The van der Waals surface area contributed by atoms with Crippen molar-refractivity contribution in [3.63, 3.8) is 0 Å². The zero-order valence-electron chi connectivity index (χ0n) is 21.1. The van der Waals surface area contributed by atoms with E-state index >= 15 is 0 Å². The van der Waals surface area contributed by atoms with Crippen LogP contribution in [0, 0.1) is 0 Å². The minimum atomic E-state index is 0.850. The first-order valence-electron chi connectivity index (χ1n) is 14.1. The Bertz CT molecular complexity index is 299. The fraction of sp³-hybridized carbons (Fsp3) is 0.931. The van der Waals surface area contributed by atoms with E-state index in [9.17, 15) is 0 Å². The Hall–Kier alpha value is -0.460. The second kappa shape index (κ2) is 28.5. The van der Waals surface area contributed by atoms with Crippen molar-refractivity contribution in [3.05, 3.63) is 12.8 Å². The molecule has 0 N–H and O–H groups in total. The van der Waals surface area contributed by atoms with Gasteiger partial charge in [0, 0.05) is 0 Å². The molecule has 0 rings (SSSR count). The van der Waals surface area contributed by atoms with Crippen LogP contribution in [0.4, 0.5) is 0 Å². The molecule has 0 aliphatic heterocycles. The molecular formula is C29H58O. The Morgan fingerprint density at radius 3 is 0.867 bits per heavy atom. The average Bonchev–Trinajstić information content (AvgIpc) is 2.76. The standard InChI is InChI=1S/C29H58O/c1-3-5-6-7-8-9-10-11-12-13-14-15-16-17-18-19-20-21-22-23-24-25-26-27-28-29-30-4-2/h4H,2-3,5-29H2,1H3. The van der Waals surface area contributed by atoms with E-state index < -0.39 is 0 Å². The smallest absolute Gasteiger partial charge is 0.0873 e. The molecule has 0 aliphatic carbocycles. The van der Waals surface area contributed by atoms with Gasteiger partial charge in [0.25, 0.3) is 0 Å². The van der Waals surface area contributed by atoms with Gasteiger partial charge in [-0.15, -0.1) is 0 Å². The highest BCUT2D eigenvalue weighted by Gasteiger charge is 1.96. The number of hydrogen-bond acceptors (Lipinski definition) is 1. The van der Waals surface area contributed by atoms with E-state index in [0.717, 1.165) is 6.61 Å². The molecule has 0 aromatic heterocycles. The summed E-state index contributed by atoms with van der Waals surface area (Å²) in [4.78, 5) is 0. The lowest BCUT2D eigenvalue weighted by atomic mass is 10.0. The largest absolute Gasteiger partial charge is 0.502 e. The van der Waals surface area contributed by atoms with Crippen molar-refractivity contribution in [2.75, 3.05) is 6.61 Å². The second-order valence-corrected chi connectivity index (χ2v) is 9.52. The molecule has 0 unspecified atom stereocenters. The van der Waals surface area contributed by atoms with Gasteiger partial charge in [0.1, 0.15) is 0 Å². The summed E-state index contributed by atoms with van der Waals surface area (Å²) in [7, 11) is 0. The molecule has 0 fully saturated rings. The molecule has 180 valence electrons. The van der Waals surface area contributed by atoms with Crippen LogP contribution in [0.15, 0.2) is 12.8 Å². The SMILES string of the molecule is C=COCCCCCCCCCCCCCCCCCCCCCCCCCCC. The van der Waals surface area contributed by atoms with Crippen LogP contribution in [0.5, 0.6) is 0 Å². The molecule has 0 aromatic carbocycles. The molecule has 0 atom stereocenters. The van der Waals surface area contributed by atoms with Crippen LogP contribution in [0.2, 0.25) is 0 Å². The third kappa shape index (κ3) is 27.5. The minimum absolute atomic E-state index is 0.850. The van der Waals surface area contributed by atoms with Crippen LogP contribution in [-0.2, 0) is 4.74 Å². The molecule has 0 radical (unpaired) electrons. The number of unbranched alkanes of at least 4 members (excludes halogenated alkanes) is 24. The molecule has 0 bridgehead atoms. The van der Waals surface area contributed by atoms with Crippen LogP contribution in [0.25, 0.3) is 0 Å². The van der Waals surface area contributed by atoms with Gasteiger partial charge in [0.15, 0.2) is 0 Å². The van der Waals surface area contributed by atoms with E-state index in [2.05, 4.69) is 13.5 Å². The highest BCUT2D eigenvalue weighted by Crippen LogP contribution is 2.15. The van der Waals surface area contributed by atoms with Crippen LogP contribution < -0.4 is 0 Å². The topological polar surface area (TPSA) is 9.23 Å². The maximum Gasteiger partial charge on any atom is 0.0873 e. The van der Waals surface area contributed by atoms with Gasteiger partial charge in [-0.2, -0.15) is 0 Å². The summed E-state index contributed by atoms with van der Waals surface area (Å²) in [6.45, 7) is 6.72. The Kier molecular flexibility index (Phi) is 28.1. The number of ether oxygens (including phenoxy) is 1. The van der Waals surface area contributed by atoms with Crippen molar-refractivity contribution in [3.8, 4) is 0 Å². The summed E-state index contributed by atoms with van der Waals surface area (Å²) >= 11 is 0. The number of hydrogen-bond donors (Lipinski definition) is 0. The van der Waals surface area contributed by atoms with E-state index in [1.54, 1.807) is 6.26 Å². The van der Waals surface area contributed by atoms with E-state index in [4.69, 9.17) is 4.74 Å². The molecule has 1 nitrogen and oxygen atoms in total. The lowest BCUT2D eigenvalue weighted by Crippen LogP contribution is -1.87. The quantitative estimate of drug-likeness (QED) is 0.0944. The van der Waals surface area contributed by atoms with Crippen LogP contribution in [0.1, 0.15) is 167 Å².